The first-order chi connectivity index (χ1) is 5.58. The van der Waals surface area contributed by atoms with Crippen molar-refractivity contribution >= 4 is 5.97 Å². The molecule has 0 saturated heterocycles. The Morgan fingerprint density at radius 2 is 1.75 bits per heavy atom. The molecular formula is C9H20NO2+. The van der Waals surface area contributed by atoms with Crippen molar-refractivity contribution in [3.8, 4) is 0 Å². The third-order valence-corrected chi connectivity index (χ3v) is 2.34. The van der Waals surface area contributed by atoms with Gasteiger partial charge >= 0.3 is 5.97 Å². The fraction of sp³-hybridized carbons (Fsp3) is 0.889. The lowest BCUT2D eigenvalue weighted by Gasteiger charge is -2.30. The molecule has 0 N–H and O–H groups in total. The van der Waals surface area contributed by atoms with Crippen molar-refractivity contribution < 1.29 is 14.0 Å². The molecule has 0 aliphatic carbocycles. The van der Waals surface area contributed by atoms with Crippen LogP contribution in [-0.4, -0.2) is 43.7 Å². The second-order valence-electron chi connectivity index (χ2n) is 3.22. The zero-order valence-electron chi connectivity index (χ0n) is 8.59. The predicted molar refractivity (Wildman–Crippen MR) is 48.8 cm³/mol. The van der Waals surface area contributed by atoms with Crippen LogP contribution in [0.1, 0.15) is 20.8 Å². The molecule has 0 aromatic rings. The molecule has 0 fully saturated rings. The topological polar surface area (TPSA) is 26.3 Å². The summed E-state index contributed by atoms with van der Waals surface area (Å²) >= 11 is 0. The van der Waals surface area contributed by atoms with Gasteiger partial charge < -0.3 is 9.22 Å². The minimum atomic E-state index is -0.0938. The number of hydrogen-bond acceptors (Lipinski definition) is 2. The van der Waals surface area contributed by atoms with E-state index in [2.05, 4.69) is 20.9 Å². The fourth-order valence-electron chi connectivity index (χ4n) is 0.966. The second-order valence-corrected chi connectivity index (χ2v) is 3.22. The van der Waals surface area contributed by atoms with Crippen LogP contribution < -0.4 is 0 Å². The number of nitrogens with zero attached hydrogens (tertiary/aromatic N) is 1. The van der Waals surface area contributed by atoms with Gasteiger partial charge in [-0.1, -0.05) is 0 Å². The van der Waals surface area contributed by atoms with Crippen LogP contribution in [0.4, 0.5) is 0 Å². The van der Waals surface area contributed by atoms with Gasteiger partial charge in [-0.15, -0.1) is 0 Å². The summed E-state index contributed by atoms with van der Waals surface area (Å²) in [4.78, 5) is 11.1. The van der Waals surface area contributed by atoms with Gasteiger partial charge in [-0.05, 0) is 20.8 Å². The molecule has 0 aliphatic rings. The minimum Gasteiger partial charge on any atom is -0.462 e. The van der Waals surface area contributed by atoms with E-state index in [9.17, 15) is 4.79 Å². The first-order valence-electron chi connectivity index (χ1n) is 4.57. The van der Waals surface area contributed by atoms with Crippen molar-refractivity contribution in [3.63, 3.8) is 0 Å². The highest BCUT2D eigenvalue weighted by Crippen LogP contribution is 2.00. The number of ether oxygens (including phenoxy) is 1. The molecular weight excluding hydrogens is 154 g/mol. The van der Waals surface area contributed by atoms with E-state index >= 15 is 0 Å². The lowest BCUT2D eigenvalue weighted by molar-refractivity contribution is -0.899. The van der Waals surface area contributed by atoms with E-state index in [4.69, 9.17) is 4.74 Å². The summed E-state index contributed by atoms with van der Waals surface area (Å²) in [5.74, 6) is -0.0938. The molecule has 3 nitrogen and oxygen atoms in total. The molecule has 0 radical (unpaired) electrons. The smallest absolute Gasteiger partial charge is 0.361 e. The number of esters is 1. The molecule has 0 heterocycles. The van der Waals surface area contributed by atoms with E-state index in [0.717, 1.165) is 17.6 Å². The fourth-order valence-corrected chi connectivity index (χ4v) is 0.966. The monoisotopic (exact) mass is 174 g/mol. The minimum absolute atomic E-state index is 0.0938. The van der Waals surface area contributed by atoms with Gasteiger partial charge in [0, 0.05) is 0 Å². The SMILES string of the molecule is CCOC(=O)C[N+](C)(CC)CC. The average molecular weight is 174 g/mol. The van der Waals surface area contributed by atoms with Crippen LogP contribution in [0, 0.1) is 0 Å². The highest BCUT2D eigenvalue weighted by atomic mass is 16.5. The Labute approximate surface area is 74.9 Å². The lowest BCUT2D eigenvalue weighted by Crippen LogP contribution is -2.47. The summed E-state index contributed by atoms with van der Waals surface area (Å²) in [5.41, 5.74) is 0. The summed E-state index contributed by atoms with van der Waals surface area (Å²) in [6.07, 6.45) is 0. The maximum Gasteiger partial charge on any atom is 0.361 e. The maximum atomic E-state index is 11.1. The van der Waals surface area contributed by atoms with Crippen molar-refractivity contribution in [1.29, 1.82) is 0 Å². The van der Waals surface area contributed by atoms with E-state index in [1.165, 1.54) is 0 Å². The first-order valence-corrected chi connectivity index (χ1v) is 4.57. The summed E-state index contributed by atoms with van der Waals surface area (Å²) < 4.78 is 5.65. The maximum absolute atomic E-state index is 11.1. The predicted octanol–water partition coefficient (Wildman–Crippen LogP) is 1.04. The quantitative estimate of drug-likeness (QED) is 0.460. The van der Waals surface area contributed by atoms with Gasteiger partial charge in [0.2, 0.25) is 0 Å². The summed E-state index contributed by atoms with van der Waals surface area (Å²) in [7, 11) is 2.07. The van der Waals surface area contributed by atoms with Crippen molar-refractivity contribution in [2.24, 2.45) is 0 Å². The van der Waals surface area contributed by atoms with Crippen molar-refractivity contribution in [2.45, 2.75) is 20.8 Å². The molecule has 0 spiro atoms. The Morgan fingerprint density at radius 3 is 2.08 bits per heavy atom. The summed E-state index contributed by atoms with van der Waals surface area (Å²) in [6.45, 7) is 8.91. The van der Waals surface area contributed by atoms with E-state index in [0.29, 0.717) is 13.2 Å². The summed E-state index contributed by atoms with van der Waals surface area (Å²) in [6, 6.07) is 0. The molecule has 0 atom stereocenters. The molecule has 3 heteroatoms. The number of quaternary nitrogens is 1. The largest absolute Gasteiger partial charge is 0.462 e. The molecule has 0 aliphatic heterocycles. The van der Waals surface area contributed by atoms with Crippen molar-refractivity contribution in [2.75, 3.05) is 33.3 Å². The van der Waals surface area contributed by atoms with Gasteiger partial charge in [0.25, 0.3) is 0 Å². The Bertz CT molecular complexity index is 141. The van der Waals surface area contributed by atoms with Gasteiger partial charge in [0.1, 0.15) is 0 Å². The Morgan fingerprint density at radius 1 is 1.25 bits per heavy atom. The number of hydrogen-bond donors (Lipinski definition) is 0. The Hall–Kier alpha value is -0.570. The molecule has 72 valence electrons. The van der Waals surface area contributed by atoms with Gasteiger partial charge in [-0.3, -0.25) is 0 Å². The van der Waals surface area contributed by atoms with E-state index < -0.39 is 0 Å². The standard InChI is InChI=1S/C9H20NO2/c1-5-10(4,6-2)8-9(11)12-7-3/h5-8H2,1-4H3/q+1. The third kappa shape index (κ3) is 3.72. The number of rotatable bonds is 5. The molecule has 0 unspecified atom stereocenters. The third-order valence-electron chi connectivity index (χ3n) is 2.34. The van der Waals surface area contributed by atoms with Crippen LogP contribution in [0.25, 0.3) is 0 Å². The molecule has 0 bridgehead atoms. The van der Waals surface area contributed by atoms with E-state index in [-0.39, 0.29) is 5.97 Å². The van der Waals surface area contributed by atoms with Crippen LogP contribution in [0.2, 0.25) is 0 Å². The van der Waals surface area contributed by atoms with Crippen molar-refractivity contribution in [3.05, 3.63) is 0 Å². The molecule has 0 aromatic heterocycles. The van der Waals surface area contributed by atoms with E-state index in [1.54, 1.807) is 0 Å². The zero-order valence-corrected chi connectivity index (χ0v) is 8.59. The molecule has 0 aromatic carbocycles. The lowest BCUT2D eigenvalue weighted by atomic mass is 10.4. The molecule has 0 saturated carbocycles. The van der Waals surface area contributed by atoms with Gasteiger partial charge in [-0.25, -0.2) is 4.79 Å². The van der Waals surface area contributed by atoms with Crippen molar-refractivity contribution in [1.82, 2.24) is 0 Å². The molecule has 0 rings (SSSR count). The normalized spacial score (nSPS) is 11.3. The Balaban J connectivity index is 3.93. The molecule has 12 heavy (non-hydrogen) atoms. The highest BCUT2D eigenvalue weighted by molar-refractivity contribution is 5.70. The molecule has 0 amide bonds. The number of likely N-dealkylation sites (N-methyl/N-ethyl adjacent to an activating group) is 1. The van der Waals surface area contributed by atoms with Gasteiger partial charge in [0.05, 0.1) is 26.7 Å². The average Bonchev–Trinajstić information content (AvgIpc) is 2.05. The van der Waals surface area contributed by atoms with E-state index in [1.807, 2.05) is 6.92 Å². The highest BCUT2D eigenvalue weighted by Gasteiger charge is 2.21. The van der Waals surface area contributed by atoms with Crippen LogP contribution in [-0.2, 0) is 9.53 Å². The van der Waals surface area contributed by atoms with Crippen LogP contribution in [0.5, 0.6) is 0 Å². The Kier molecular flexibility index (Phi) is 4.90. The number of carbonyl (C=O) groups is 1. The summed E-state index contributed by atoms with van der Waals surface area (Å²) in [5, 5.41) is 0. The van der Waals surface area contributed by atoms with Crippen LogP contribution in [0.3, 0.4) is 0 Å². The van der Waals surface area contributed by atoms with Gasteiger partial charge in [0.15, 0.2) is 6.54 Å². The first kappa shape index (κ1) is 11.4. The zero-order chi connectivity index (χ0) is 9.61. The van der Waals surface area contributed by atoms with Crippen LogP contribution in [0.15, 0.2) is 0 Å². The number of carbonyl (C=O) groups excluding carboxylic acids is 1. The van der Waals surface area contributed by atoms with Gasteiger partial charge in [-0.2, -0.15) is 0 Å². The second kappa shape index (κ2) is 5.14. The van der Waals surface area contributed by atoms with Crippen LogP contribution >= 0.6 is 0 Å².